The highest BCUT2D eigenvalue weighted by atomic mass is 16.6. The summed E-state index contributed by atoms with van der Waals surface area (Å²) in [5.74, 6) is -0.0467. The molecule has 0 radical (unpaired) electrons. The van der Waals surface area contributed by atoms with Gasteiger partial charge in [0.25, 0.3) is 0 Å². The quantitative estimate of drug-likeness (QED) is 0.432. The van der Waals surface area contributed by atoms with Gasteiger partial charge in [-0.05, 0) is 29.7 Å². The number of hydrogen-bond acceptors (Lipinski definition) is 5. The first-order valence-electron chi connectivity index (χ1n) is 9.21. The Morgan fingerprint density at radius 2 is 2.11 bits per heavy atom. The average molecular weight is 380 g/mol. The van der Waals surface area contributed by atoms with E-state index in [1.165, 1.54) is 0 Å². The summed E-state index contributed by atoms with van der Waals surface area (Å²) in [6.07, 6.45) is 4.24. The van der Waals surface area contributed by atoms with Crippen LogP contribution in [0.3, 0.4) is 0 Å². The molecule has 0 saturated heterocycles. The molecule has 1 N–H and O–H groups in total. The van der Waals surface area contributed by atoms with Crippen molar-refractivity contribution in [1.29, 1.82) is 0 Å². The van der Waals surface area contributed by atoms with Gasteiger partial charge in [0, 0.05) is 30.8 Å². The van der Waals surface area contributed by atoms with Gasteiger partial charge in [0.2, 0.25) is 0 Å². The monoisotopic (exact) mass is 380 g/mol. The Hall–Kier alpha value is -3.12. The van der Waals surface area contributed by atoms with Crippen molar-refractivity contribution in [3.8, 4) is 16.9 Å². The van der Waals surface area contributed by atoms with E-state index in [1.54, 1.807) is 19.4 Å². The van der Waals surface area contributed by atoms with Crippen molar-refractivity contribution in [3.05, 3.63) is 65.7 Å². The van der Waals surface area contributed by atoms with Crippen molar-refractivity contribution in [3.63, 3.8) is 0 Å². The van der Waals surface area contributed by atoms with Gasteiger partial charge in [-0.3, -0.25) is 4.90 Å². The molecule has 0 amide bonds. The minimum atomic E-state index is -0.849. The number of hydrogen-bond donors (Lipinski definition) is 1. The van der Waals surface area contributed by atoms with E-state index in [9.17, 15) is 4.79 Å². The number of ether oxygens (including phenoxy) is 1. The summed E-state index contributed by atoms with van der Waals surface area (Å²) in [7, 11) is 1.65. The Bertz CT molecular complexity index is 876. The zero-order valence-corrected chi connectivity index (χ0v) is 15.9. The van der Waals surface area contributed by atoms with Crippen LogP contribution in [0.4, 0.5) is 0 Å². The summed E-state index contributed by atoms with van der Waals surface area (Å²) in [5, 5.41) is 13.2. The van der Waals surface area contributed by atoms with E-state index in [4.69, 9.17) is 14.7 Å². The summed E-state index contributed by atoms with van der Waals surface area (Å²) in [6, 6.07) is 15.8. The second kappa shape index (κ2) is 9.71. The van der Waals surface area contributed by atoms with E-state index in [0.29, 0.717) is 25.3 Å². The molecule has 0 spiro atoms. The van der Waals surface area contributed by atoms with E-state index < -0.39 is 5.97 Å². The molecule has 1 aliphatic heterocycles. The molecule has 3 rings (SSSR count). The Kier molecular flexibility index (Phi) is 6.81. The normalized spacial score (nSPS) is 14.7. The first-order chi connectivity index (χ1) is 13.7. The van der Waals surface area contributed by atoms with Gasteiger partial charge < -0.3 is 14.7 Å². The molecule has 6 heteroatoms. The molecule has 0 unspecified atom stereocenters. The lowest BCUT2D eigenvalue weighted by Gasteiger charge is -2.24. The highest BCUT2D eigenvalue weighted by molar-refractivity contribution is 5.90. The van der Waals surface area contributed by atoms with Crippen molar-refractivity contribution in [2.75, 3.05) is 33.4 Å². The number of oxime groups is 1. The molecule has 1 heterocycles. The molecule has 0 saturated carbocycles. The molecule has 0 aromatic heterocycles. The molecule has 6 nitrogen and oxygen atoms in total. The Morgan fingerprint density at radius 1 is 1.25 bits per heavy atom. The van der Waals surface area contributed by atoms with Crippen molar-refractivity contribution in [2.45, 2.75) is 6.42 Å². The van der Waals surface area contributed by atoms with Gasteiger partial charge in [0.05, 0.1) is 13.3 Å². The molecular formula is C22H24N2O4. The fourth-order valence-corrected chi connectivity index (χ4v) is 3.13. The lowest BCUT2D eigenvalue weighted by Crippen LogP contribution is -2.34. The van der Waals surface area contributed by atoms with E-state index in [1.807, 2.05) is 48.5 Å². The third-order valence-corrected chi connectivity index (χ3v) is 4.61. The molecule has 0 fully saturated rings. The second-order valence-electron chi connectivity index (χ2n) is 6.49. The maximum atomic E-state index is 11.1. The number of rotatable bonds is 8. The Labute approximate surface area is 164 Å². The SMILES string of the molecule is COc1cccc(-c2ccccc2C=NOCCN2CCC=C(C(=O)O)C2)c1. The molecule has 0 bridgehead atoms. The van der Waals surface area contributed by atoms with E-state index in [-0.39, 0.29) is 0 Å². The predicted octanol–water partition coefficient (Wildman–Crippen LogP) is 3.43. The van der Waals surface area contributed by atoms with Crippen LogP contribution in [0.5, 0.6) is 5.75 Å². The molecule has 0 aliphatic carbocycles. The molecule has 146 valence electrons. The van der Waals surface area contributed by atoms with Crippen molar-refractivity contribution in [1.82, 2.24) is 4.90 Å². The number of nitrogens with zero attached hydrogens (tertiary/aromatic N) is 2. The number of carboxylic acids is 1. The minimum Gasteiger partial charge on any atom is -0.497 e. The third-order valence-electron chi connectivity index (χ3n) is 4.61. The smallest absolute Gasteiger partial charge is 0.332 e. The average Bonchev–Trinajstić information content (AvgIpc) is 2.74. The van der Waals surface area contributed by atoms with Crippen molar-refractivity contribution < 1.29 is 19.5 Å². The van der Waals surface area contributed by atoms with Gasteiger partial charge in [0.15, 0.2) is 0 Å². The highest BCUT2D eigenvalue weighted by Crippen LogP contribution is 2.26. The maximum absolute atomic E-state index is 11.1. The Balaban J connectivity index is 1.57. The first kappa shape index (κ1) is 19.6. The summed E-state index contributed by atoms with van der Waals surface area (Å²) < 4.78 is 5.31. The molecule has 2 aromatic rings. The van der Waals surface area contributed by atoms with Gasteiger partial charge in [-0.2, -0.15) is 0 Å². The van der Waals surface area contributed by atoms with Gasteiger partial charge in [-0.25, -0.2) is 4.79 Å². The number of aliphatic carboxylic acids is 1. The topological polar surface area (TPSA) is 71.4 Å². The van der Waals surface area contributed by atoms with Crippen LogP contribution in [0.25, 0.3) is 11.1 Å². The Morgan fingerprint density at radius 3 is 2.93 bits per heavy atom. The van der Waals surface area contributed by atoms with Gasteiger partial charge in [-0.1, -0.05) is 47.6 Å². The van der Waals surface area contributed by atoms with E-state index in [0.717, 1.165) is 35.4 Å². The minimum absolute atomic E-state index is 0.407. The highest BCUT2D eigenvalue weighted by Gasteiger charge is 2.16. The van der Waals surface area contributed by atoms with Gasteiger partial charge >= 0.3 is 5.97 Å². The zero-order valence-electron chi connectivity index (χ0n) is 15.9. The molecule has 0 atom stereocenters. The van der Waals surface area contributed by atoms with Crippen LogP contribution in [-0.2, 0) is 9.63 Å². The van der Waals surface area contributed by atoms with Crippen LogP contribution < -0.4 is 4.74 Å². The molecule has 1 aliphatic rings. The van der Waals surface area contributed by atoms with Crippen LogP contribution >= 0.6 is 0 Å². The summed E-state index contributed by atoms with van der Waals surface area (Å²) in [4.78, 5) is 18.5. The summed E-state index contributed by atoms with van der Waals surface area (Å²) >= 11 is 0. The number of methoxy groups -OCH3 is 1. The lowest BCUT2D eigenvalue weighted by molar-refractivity contribution is -0.133. The number of benzene rings is 2. The lowest BCUT2D eigenvalue weighted by atomic mass is 10.0. The van der Waals surface area contributed by atoms with Crippen LogP contribution in [0.1, 0.15) is 12.0 Å². The van der Waals surface area contributed by atoms with E-state index >= 15 is 0 Å². The zero-order chi connectivity index (χ0) is 19.8. The van der Waals surface area contributed by atoms with Crippen LogP contribution in [0.15, 0.2) is 65.3 Å². The largest absolute Gasteiger partial charge is 0.497 e. The summed E-state index contributed by atoms with van der Waals surface area (Å²) in [5.41, 5.74) is 3.48. The van der Waals surface area contributed by atoms with E-state index in [2.05, 4.69) is 10.1 Å². The van der Waals surface area contributed by atoms with Crippen LogP contribution in [0.2, 0.25) is 0 Å². The number of carboxylic acid groups (broad SMARTS) is 1. The predicted molar refractivity (Wildman–Crippen MR) is 109 cm³/mol. The number of carbonyl (C=O) groups is 1. The standard InChI is InChI=1S/C22H24N2O4/c1-27-20-9-4-7-17(14-20)21-10-3-2-6-18(21)15-23-28-13-12-24-11-5-8-19(16-24)22(25)26/h2-4,6-10,14-15H,5,11-13,16H2,1H3,(H,25,26). The van der Waals surface area contributed by atoms with Crippen LogP contribution in [-0.4, -0.2) is 55.5 Å². The second-order valence-corrected chi connectivity index (χ2v) is 6.49. The van der Waals surface area contributed by atoms with Crippen molar-refractivity contribution >= 4 is 12.2 Å². The maximum Gasteiger partial charge on any atom is 0.332 e. The molecule has 2 aromatic carbocycles. The summed E-state index contributed by atoms with van der Waals surface area (Å²) in [6.45, 7) is 2.33. The fraction of sp³-hybridized carbons (Fsp3) is 0.273. The van der Waals surface area contributed by atoms with Crippen LogP contribution in [0, 0.1) is 0 Å². The van der Waals surface area contributed by atoms with Crippen molar-refractivity contribution in [2.24, 2.45) is 5.16 Å². The fourth-order valence-electron chi connectivity index (χ4n) is 3.13. The first-order valence-corrected chi connectivity index (χ1v) is 9.21. The van der Waals surface area contributed by atoms with Gasteiger partial charge in [-0.15, -0.1) is 0 Å². The van der Waals surface area contributed by atoms with Gasteiger partial charge in [0.1, 0.15) is 12.4 Å². The molecular weight excluding hydrogens is 356 g/mol. The third kappa shape index (κ3) is 5.20. The molecule has 28 heavy (non-hydrogen) atoms.